The number of aliphatic hydroxyl groups excluding tert-OH is 2. The first-order valence-corrected chi connectivity index (χ1v) is 32.7. The quantitative estimate of drug-likeness (QED) is 0.0420. The summed E-state index contributed by atoms with van der Waals surface area (Å²) in [6.45, 7) is 4.35. The number of allylic oxidation sites excluding steroid dienone is 5. The fourth-order valence-electron chi connectivity index (χ4n) is 10.4. The van der Waals surface area contributed by atoms with Gasteiger partial charge in [-0.05, 0) is 51.4 Å². The van der Waals surface area contributed by atoms with E-state index in [1.165, 1.54) is 315 Å². The fourth-order valence-corrected chi connectivity index (χ4v) is 10.4. The molecule has 0 radical (unpaired) electrons. The minimum Gasteiger partial charge on any atom is -0.394 e. The number of aliphatic hydroxyl groups is 2. The first-order valence-electron chi connectivity index (χ1n) is 32.7. The molecule has 0 heterocycles. The average molecular weight is 997 g/mol. The summed E-state index contributed by atoms with van der Waals surface area (Å²) in [5, 5.41) is 23.2. The summed E-state index contributed by atoms with van der Waals surface area (Å²) < 4.78 is 0. The lowest BCUT2D eigenvalue weighted by Crippen LogP contribution is -2.45. The molecule has 420 valence electrons. The Morgan fingerprint density at radius 2 is 0.577 bits per heavy atom. The van der Waals surface area contributed by atoms with Crippen LogP contribution in [0.5, 0.6) is 0 Å². The Kier molecular flexibility index (Phi) is 61.7. The SMILES string of the molecule is CCCCCCCCCCCCCCC/C=C\C/C=C\CCCCCCCCCCCCCCCCCCCC(=O)NC(CO)C(O)/C=C/CCCCCCCCCCCCCCCCCCCCCC. The Labute approximate surface area is 446 Å². The number of rotatable bonds is 61. The first-order chi connectivity index (χ1) is 35.2. The van der Waals surface area contributed by atoms with Gasteiger partial charge in [-0.15, -0.1) is 0 Å². The van der Waals surface area contributed by atoms with Crippen molar-refractivity contribution in [1.29, 1.82) is 0 Å². The summed E-state index contributed by atoms with van der Waals surface area (Å²) in [6.07, 6.45) is 86.4. The van der Waals surface area contributed by atoms with E-state index in [-0.39, 0.29) is 12.5 Å². The summed E-state index contributed by atoms with van der Waals surface area (Å²) in [7, 11) is 0. The van der Waals surface area contributed by atoms with Gasteiger partial charge < -0.3 is 15.5 Å². The Morgan fingerprint density at radius 3 is 0.845 bits per heavy atom. The van der Waals surface area contributed by atoms with Gasteiger partial charge in [0.05, 0.1) is 18.8 Å². The van der Waals surface area contributed by atoms with Crippen LogP contribution in [-0.2, 0) is 4.79 Å². The zero-order valence-corrected chi connectivity index (χ0v) is 48.5. The molecular weight excluding hydrogens is 867 g/mol. The van der Waals surface area contributed by atoms with Gasteiger partial charge in [0, 0.05) is 6.42 Å². The molecule has 0 saturated carbocycles. The largest absolute Gasteiger partial charge is 0.394 e. The molecule has 2 atom stereocenters. The van der Waals surface area contributed by atoms with Crippen LogP contribution in [0.15, 0.2) is 36.5 Å². The standard InChI is InChI=1S/C67H129NO3/c1-3-5-7-9-11-13-15-17-19-21-23-25-27-28-29-30-31-32-33-34-35-36-37-38-39-40-41-43-45-47-49-51-53-55-57-59-61-63-67(71)68-65(64-69)66(70)62-60-58-56-54-52-50-48-46-44-42-26-24-22-20-18-16-14-12-10-8-6-4-2/h29-30,32-33,60,62,65-66,69-70H,3-28,31,34-59,61,63-64H2,1-2H3,(H,68,71)/b30-29-,33-32-,62-60+. The van der Waals surface area contributed by atoms with Crippen molar-refractivity contribution in [3.05, 3.63) is 36.5 Å². The highest BCUT2D eigenvalue weighted by Crippen LogP contribution is 2.18. The molecule has 0 aromatic carbocycles. The highest BCUT2D eigenvalue weighted by atomic mass is 16.3. The van der Waals surface area contributed by atoms with E-state index in [0.29, 0.717) is 6.42 Å². The van der Waals surface area contributed by atoms with Crippen LogP contribution < -0.4 is 5.32 Å². The molecular formula is C67H129NO3. The second-order valence-corrected chi connectivity index (χ2v) is 22.5. The normalized spacial score (nSPS) is 12.9. The van der Waals surface area contributed by atoms with Gasteiger partial charge in [0.2, 0.25) is 5.91 Å². The summed E-state index contributed by atoms with van der Waals surface area (Å²) in [5.41, 5.74) is 0. The maximum absolute atomic E-state index is 12.5. The Hall–Kier alpha value is -1.39. The van der Waals surface area contributed by atoms with Gasteiger partial charge >= 0.3 is 0 Å². The lowest BCUT2D eigenvalue weighted by molar-refractivity contribution is -0.123. The van der Waals surface area contributed by atoms with Crippen molar-refractivity contribution in [2.75, 3.05) is 6.61 Å². The summed E-state index contributed by atoms with van der Waals surface area (Å²) in [6, 6.07) is -0.622. The Morgan fingerprint density at radius 1 is 0.338 bits per heavy atom. The molecule has 0 rings (SSSR count). The summed E-state index contributed by atoms with van der Waals surface area (Å²) in [4.78, 5) is 12.5. The van der Waals surface area contributed by atoms with Crippen LogP contribution in [0, 0.1) is 0 Å². The summed E-state index contributed by atoms with van der Waals surface area (Å²) >= 11 is 0. The molecule has 1 amide bonds. The molecule has 71 heavy (non-hydrogen) atoms. The molecule has 0 aromatic rings. The molecule has 3 N–H and O–H groups in total. The van der Waals surface area contributed by atoms with Crippen molar-refractivity contribution in [2.24, 2.45) is 0 Å². The van der Waals surface area contributed by atoms with Crippen molar-refractivity contribution in [3.63, 3.8) is 0 Å². The maximum atomic E-state index is 12.5. The molecule has 0 saturated heterocycles. The number of carbonyl (C=O) groups is 1. The van der Waals surface area contributed by atoms with E-state index in [9.17, 15) is 15.0 Å². The molecule has 0 aliphatic heterocycles. The van der Waals surface area contributed by atoms with E-state index in [4.69, 9.17) is 0 Å². The van der Waals surface area contributed by atoms with Gasteiger partial charge in [0.1, 0.15) is 0 Å². The molecule has 0 aliphatic rings. The van der Waals surface area contributed by atoms with Crippen LogP contribution in [0.1, 0.15) is 367 Å². The van der Waals surface area contributed by atoms with E-state index < -0.39 is 12.1 Å². The van der Waals surface area contributed by atoms with Crippen LogP contribution in [-0.4, -0.2) is 34.9 Å². The highest BCUT2D eigenvalue weighted by Gasteiger charge is 2.18. The molecule has 2 unspecified atom stereocenters. The summed E-state index contributed by atoms with van der Waals surface area (Å²) in [5.74, 6) is -0.0576. The third-order valence-corrected chi connectivity index (χ3v) is 15.4. The molecule has 4 heteroatoms. The smallest absolute Gasteiger partial charge is 0.220 e. The van der Waals surface area contributed by atoms with Crippen LogP contribution >= 0.6 is 0 Å². The highest BCUT2D eigenvalue weighted by molar-refractivity contribution is 5.76. The monoisotopic (exact) mass is 996 g/mol. The van der Waals surface area contributed by atoms with E-state index in [1.807, 2.05) is 6.08 Å². The third-order valence-electron chi connectivity index (χ3n) is 15.4. The van der Waals surface area contributed by atoms with Gasteiger partial charge in [-0.1, -0.05) is 346 Å². The van der Waals surface area contributed by atoms with Gasteiger partial charge in [0.25, 0.3) is 0 Å². The fraction of sp³-hybridized carbons (Fsp3) is 0.896. The van der Waals surface area contributed by atoms with Crippen LogP contribution in [0.3, 0.4) is 0 Å². The van der Waals surface area contributed by atoms with E-state index in [1.54, 1.807) is 6.08 Å². The lowest BCUT2D eigenvalue weighted by atomic mass is 10.0. The van der Waals surface area contributed by atoms with Gasteiger partial charge in [-0.3, -0.25) is 4.79 Å². The van der Waals surface area contributed by atoms with Crippen LogP contribution in [0.4, 0.5) is 0 Å². The molecule has 4 nitrogen and oxygen atoms in total. The Balaban J connectivity index is 3.43. The number of carbonyl (C=O) groups excluding carboxylic acids is 1. The molecule has 0 aromatic heterocycles. The van der Waals surface area contributed by atoms with E-state index >= 15 is 0 Å². The van der Waals surface area contributed by atoms with Crippen molar-refractivity contribution in [1.82, 2.24) is 5.32 Å². The van der Waals surface area contributed by atoms with E-state index in [2.05, 4.69) is 43.5 Å². The van der Waals surface area contributed by atoms with Gasteiger partial charge in [0.15, 0.2) is 0 Å². The second kappa shape index (κ2) is 62.9. The topological polar surface area (TPSA) is 69.6 Å². The average Bonchev–Trinajstić information content (AvgIpc) is 3.37. The zero-order valence-electron chi connectivity index (χ0n) is 48.5. The molecule has 0 fully saturated rings. The van der Waals surface area contributed by atoms with Gasteiger partial charge in [-0.2, -0.15) is 0 Å². The van der Waals surface area contributed by atoms with Gasteiger partial charge in [-0.25, -0.2) is 0 Å². The maximum Gasteiger partial charge on any atom is 0.220 e. The number of hydrogen-bond donors (Lipinski definition) is 3. The Bertz CT molecular complexity index is 1080. The van der Waals surface area contributed by atoms with Crippen molar-refractivity contribution < 1.29 is 15.0 Å². The second-order valence-electron chi connectivity index (χ2n) is 22.5. The van der Waals surface area contributed by atoms with Crippen molar-refractivity contribution in [3.8, 4) is 0 Å². The predicted octanol–water partition coefficient (Wildman–Crippen LogP) is 22.0. The number of nitrogens with one attached hydrogen (secondary N) is 1. The van der Waals surface area contributed by atoms with Crippen LogP contribution in [0.2, 0.25) is 0 Å². The minimum atomic E-state index is -0.839. The molecule has 0 spiro atoms. The van der Waals surface area contributed by atoms with Crippen molar-refractivity contribution >= 4 is 5.91 Å². The third kappa shape index (κ3) is 59.4. The molecule has 0 aliphatic carbocycles. The zero-order chi connectivity index (χ0) is 51.3. The molecule has 0 bridgehead atoms. The number of unbranched alkanes of at least 4 members (excludes halogenated alkanes) is 50. The van der Waals surface area contributed by atoms with E-state index in [0.717, 1.165) is 32.1 Å². The lowest BCUT2D eigenvalue weighted by Gasteiger charge is -2.20. The number of amides is 1. The van der Waals surface area contributed by atoms with Crippen LogP contribution in [0.25, 0.3) is 0 Å². The predicted molar refractivity (Wildman–Crippen MR) is 318 cm³/mol. The van der Waals surface area contributed by atoms with Crippen molar-refractivity contribution in [2.45, 2.75) is 379 Å². The number of hydrogen-bond acceptors (Lipinski definition) is 3. The minimum absolute atomic E-state index is 0.0576. The first kappa shape index (κ1) is 69.6.